The van der Waals surface area contributed by atoms with Gasteiger partial charge in [0.25, 0.3) is 0 Å². The Morgan fingerprint density at radius 3 is 2.77 bits per heavy atom. The third-order valence-electron chi connectivity index (χ3n) is 2.37. The minimum atomic E-state index is 0.407. The van der Waals surface area contributed by atoms with Gasteiger partial charge in [0, 0.05) is 12.8 Å². The lowest BCUT2D eigenvalue weighted by Crippen LogP contribution is -2.18. The van der Waals surface area contributed by atoms with Crippen LogP contribution in [0.1, 0.15) is 32.6 Å². The molecule has 0 N–H and O–H groups in total. The summed E-state index contributed by atoms with van der Waals surface area (Å²) in [6.07, 6.45) is 3.48. The van der Waals surface area contributed by atoms with Gasteiger partial charge in [-0.3, -0.25) is 4.79 Å². The normalized spacial score (nSPS) is 18.1. The van der Waals surface area contributed by atoms with Crippen molar-refractivity contribution in [3.8, 4) is 11.8 Å². The number of Topliss-reactive ketones (excluding diaryl/α,β-unsaturated/α-hetero) is 1. The molecule has 0 heterocycles. The second kappa shape index (κ2) is 5.77. The van der Waals surface area contributed by atoms with Crippen molar-refractivity contribution in [1.82, 2.24) is 0 Å². The lowest BCUT2D eigenvalue weighted by molar-refractivity contribution is -0.121. The molecule has 2 nitrogen and oxygen atoms in total. The second-order valence-corrected chi connectivity index (χ2v) is 3.42. The van der Waals surface area contributed by atoms with Crippen LogP contribution in [0.25, 0.3) is 0 Å². The molecule has 1 aliphatic carbocycles. The number of rotatable bonds is 3. The Morgan fingerprint density at radius 2 is 2.15 bits per heavy atom. The predicted molar refractivity (Wildman–Crippen MR) is 51.2 cm³/mol. The maximum absolute atomic E-state index is 10.9. The molecule has 1 fully saturated rings. The Hall–Kier alpha value is -0.810. The van der Waals surface area contributed by atoms with Crippen molar-refractivity contribution in [1.29, 1.82) is 0 Å². The van der Waals surface area contributed by atoms with Crippen LogP contribution in [0.3, 0.4) is 0 Å². The number of carbonyl (C=O) groups is 1. The number of ketones is 1. The summed E-state index contributed by atoms with van der Waals surface area (Å²) in [5.74, 6) is 6.63. The van der Waals surface area contributed by atoms with Crippen molar-refractivity contribution in [2.24, 2.45) is 5.92 Å². The Balaban J connectivity index is 2.07. The first-order chi connectivity index (χ1) is 6.33. The van der Waals surface area contributed by atoms with Crippen molar-refractivity contribution in [2.75, 3.05) is 13.2 Å². The smallest absolute Gasteiger partial charge is 0.132 e. The van der Waals surface area contributed by atoms with Crippen molar-refractivity contribution >= 4 is 5.78 Å². The van der Waals surface area contributed by atoms with Crippen molar-refractivity contribution in [3.05, 3.63) is 0 Å². The molecule has 72 valence electrons. The minimum Gasteiger partial charge on any atom is -0.368 e. The standard InChI is InChI=1S/C11H16O2/c1-2-3-8-13-9-10-4-6-11(12)7-5-10/h10H,4-9H2,1H3. The topological polar surface area (TPSA) is 26.3 Å². The van der Waals surface area contributed by atoms with Crippen molar-refractivity contribution in [2.45, 2.75) is 32.6 Å². The van der Waals surface area contributed by atoms with Crippen LogP contribution in [0.15, 0.2) is 0 Å². The van der Waals surface area contributed by atoms with E-state index in [1.165, 1.54) is 0 Å². The van der Waals surface area contributed by atoms with Gasteiger partial charge in [0.15, 0.2) is 0 Å². The molecule has 1 saturated carbocycles. The molecule has 0 amide bonds. The lowest BCUT2D eigenvalue weighted by atomic mass is 9.89. The Labute approximate surface area is 79.7 Å². The van der Waals surface area contributed by atoms with E-state index in [1.54, 1.807) is 0 Å². The molecule has 13 heavy (non-hydrogen) atoms. The second-order valence-electron chi connectivity index (χ2n) is 3.42. The summed E-state index contributed by atoms with van der Waals surface area (Å²) in [7, 11) is 0. The molecule has 0 aromatic rings. The highest BCUT2D eigenvalue weighted by molar-refractivity contribution is 5.78. The van der Waals surface area contributed by atoms with E-state index in [2.05, 4.69) is 11.8 Å². The Bertz CT molecular complexity index is 212. The Kier molecular flexibility index (Phi) is 4.56. The molecule has 0 atom stereocenters. The first kappa shape index (κ1) is 10.3. The van der Waals surface area contributed by atoms with Crippen LogP contribution >= 0.6 is 0 Å². The van der Waals surface area contributed by atoms with Gasteiger partial charge in [0.1, 0.15) is 12.4 Å². The van der Waals surface area contributed by atoms with Gasteiger partial charge in [-0.15, -0.1) is 5.92 Å². The monoisotopic (exact) mass is 180 g/mol. The largest absolute Gasteiger partial charge is 0.368 e. The third-order valence-corrected chi connectivity index (χ3v) is 2.37. The first-order valence-corrected chi connectivity index (χ1v) is 4.82. The summed E-state index contributed by atoms with van der Waals surface area (Å²) in [6, 6.07) is 0. The fourth-order valence-corrected chi connectivity index (χ4v) is 1.52. The number of ether oxygens (including phenoxy) is 1. The molecule has 2 heteroatoms. The third kappa shape index (κ3) is 4.10. The van der Waals surface area contributed by atoms with E-state index < -0.39 is 0 Å². The number of hydrogen-bond donors (Lipinski definition) is 0. The van der Waals surface area contributed by atoms with E-state index in [0.29, 0.717) is 18.3 Å². The number of carbonyl (C=O) groups excluding carboxylic acids is 1. The van der Waals surface area contributed by atoms with Crippen LogP contribution in [0.4, 0.5) is 0 Å². The van der Waals surface area contributed by atoms with Gasteiger partial charge in [-0.05, 0) is 25.7 Å². The molecule has 0 saturated heterocycles. The van der Waals surface area contributed by atoms with Crippen LogP contribution in [0.2, 0.25) is 0 Å². The van der Waals surface area contributed by atoms with E-state index in [-0.39, 0.29) is 0 Å². The van der Waals surface area contributed by atoms with Gasteiger partial charge in [0.05, 0.1) is 6.61 Å². The predicted octanol–water partition coefficient (Wildman–Crippen LogP) is 1.79. The quantitative estimate of drug-likeness (QED) is 0.489. The Morgan fingerprint density at radius 1 is 1.46 bits per heavy atom. The van der Waals surface area contributed by atoms with Gasteiger partial charge in [-0.1, -0.05) is 5.92 Å². The lowest BCUT2D eigenvalue weighted by Gasteiger charge is -2.19. The summed E-state index contributed by atoms with van der Waals surface area (Å²) in [5, 5.41) is 0. The highest BCUT2D eigenvalue weighted by Gasteiger charge is 2.18. The summed E-state index contributed by atoms with van der Waals surface area (Å²) >= 11 is 0. The molecule has 0 aromatic carbocycles. The van der Waals surface area contributed by atoms with Gasteiger partial charge in [-0.25, -0.2) is 0 Å². The fourth-order valence-electron chi connectivity index (χ4n) is 1.52. The molecular weight excluding hydrogens is 164 g/mol. The first-order valence-electron chi connectivity index (χ1n) is 4.82. The molecule has 0 bridgehead atoms. The zero-order chi connectivity index (χ0) is 9.52. The zero-order valence-corrected chi connectivity index (χ0v) is 8.14. The fraction of sp³-hybridized carbons (Fsp3) is 0.727. The number of hydrogen-bond acceptors (Lipinski definition) is 2. The van der Waals surface area contributed by atoms with E-state index in [0.717, 1.165) is 32.3 Å². The van der Waals surface area contributed by atoms with E-state index in [4.69, 9.17) is 4.74 Å². The average Bonchev–Trinajstić information content (AvgIpc) is 2.15. The SMILES string of the molecule is CC#CCOCC1CCC(=O)CC1. The van der Waals surface area contributed by atoms with Gasteiger partial charge >= 0.3 is 0 Å². The summed E-state index contributed by atoms with van der Waals surface area (Å²) in [6.45, 7) is 3.10. The van der Waals surface area contributed by atoms with Gasteiger partial charge in [0.2, 0.25) is 0 Å². The van der Waals surface area contributed by atoms with Crippen LogP contribution in [-0.2, 0) is 9.53 Å². The highest BCUT2D eigenvalue weighted by Crippen LogP contribution is 2.21. The molecule has 0 aromatic heterocycles. The van der Waals surface area contributed by atoms with Gasteiger partial charge in [-0.2, -0.15) is 0 Å². The average molecular weight is 180 g/mol. The maximum Gasteiger partial charge on any atom is 0.132 e. The van der Waals surface area contributed by atoms with E-state index >= 15 is 0 Å². The van der Waals surface area contributed by atoms with Crippen LogP contribution in [0, 0.1) is 17.8 Å². The summed E-state index contributed by atoms with van der Waals surface area (Å²) < 4.78 is 5.36. The van der Waals surface area contributed by atoms with Crippen molar-refractivity contribution in [3.63, 3.8) is 0 Å². The molecule has 1 aliphatic rings. The van der Waals surface area contributed by atoms with E-state index in [9.17, 15) is 4.79 Å². The molecular formula is C11H16O2. The minimum absolute atomic E-state index is 0.407. The summed E-state index contributed by atoms with van der Waals surface area (Å²) in [5.41, 5.74) is 0. The molecule has 0 aliphatic heterocycles. The van der Waals surface area contributed by atoms with E-state index in [1.807, 2.05) is 6.92 Å². The molecule has 0 spiro atoms. The van der Waals surface area contributed by atoms with Crippen molar-refractivity contribution < 1.29 is 9.53 Å². The van der Waals surface area contributed by atoms with Gasteiger partial charge < -0.3 is 4.74 Å². The molecule has 0 unspecified atom stereocenters. The van der Waals surface area contributed by atoms with Crippen LogP contribution < -0.4 is 0 Å². The molecule has 1 rings (SSSR count). The summed E-state index contributed by atoms with van der Waals surface area (Å²) in [4.78, 5) is 10.9. The highest BCUT2D eigenvalue weighted by atomic mass is 16.5. The van der Waals surface area contributed by atoms with Crippen LogP contribution in [0.5, 0.6) is 0 Å². The maximum atomic E-state index is 10.9. The molecule has 0 radical (unpaired) electrons. The van der Waals surface area contributed by atoms with Crippen LogP contribution in [-0.4, -0.2) is 19.0 Å². The zero-order valence-electron chi connectivity index (χ0n) is 8.14.